The van der Waals surface area contributed by atoms with Crippen molar-refractivity contribution in [2.75, 3.05) is 7.11 Å². The molecule has 3 nitrogen and oxygen atoms in total. The molecule has 0 aliphatic rings. The Labute approximate surface area is 126 Å². The number of ether oxygens (including phenoxy) is 1. The predicted molar refractivity (Wildman–Crippen MR) is 84.1 cm³/mol. The van der Waals surface area contributed by atoms with Crippen LogP contribution in [0.2, 0.25) is 0 Å². The van der Waals surface area contributed by atoms with Gasteiger partial charge in [-0.1, -0.05) is 35.9 Å². The molecular weight excluding hydrogens is 260 g/mol. The van der Waals surface area contributed by atoms with E-state index in [-0.39, 0.29) is 6.04 Å². The third-order valence-corrected chi connectivity index (χ3v) is 3.58. The van der Waals surface area contributed by atoms with Gasteiger partial charge in [-0.25, -0.2) is 0 Å². The van der Waals surface area contributed by atoms with Crippen LogP contribution in [0.3, 0.4) is 0 Å². The highest BCUT2D eigenvalue weighted by molar-refractivity contribution is 5.45. The minimum Gasteiger partial charge on any atom is -0.495 e. The maximum absolute atomic E-state index is 8.98. The van der Waals surface area contributed by atoms with Crippen LogP contribution in [0.4, 0.5) is 0 Å². The fourth-order valence-electron chi connectivity index (χ4n) is 2.18. The van der Waals surface area contributed by atoms with Crippen LogP contribution in [0.15, 0.2) is 42.5 Å². The molecule has 0 heterocycles. The zero-order valence-corrected chi connectivity index (χ0v) is 12.7. The zero-order chi connectivity index (χ0) is 15.2. The van der Waals surface area contributed by atoms with Gasteiger partial charge in [0.15, 0.2) is 0 Å². The molecule has 0 fully saturated rings. The highest BCUT2D eigenvalue weighted by Crippen LogP contribution is 2.20. The molecule has 3 heteroatoms. The Bertz CT molecular complexity index is 641. The topological polar surface area (TPSA) is 45.0 Å². The SMILES string of the molecule is COc1cc(CNC(C)c2ccc(C)cc2)ccc1C#N. The number of nitriles is 1. The Morgan fingerprint density at radius 2 is 1.90 bits per heavy atom. The highest BCUT2D eigenvalue weighted by atomic mass is 16.5. The van der Waals surface area contributed by atoms with Crippen molar-refractivity contribution in [2.24, 2.45) is 0 Å². The highest BCUT2D eigenvalue weighted by Gasteiger charge is 2.07. The molecule has 0 saturated heterocycles. The van der Waals surface area contributed by atoms with E-state index in [1.54, 1.807) is 13.2 Å². The molecule has 0 aromatic heterocycles. The molecule has 0 spiro atoms. The summed E-state index contributed by atoms with van der Waals surface area (Å²) in [5, 5.41) is 12.5. The Kier molecular flexibility index (Phi) is 4.97. The molecule has 2 aromatic rings. The first-order valence-electron chi connectivity index (χ1n) is 7.01. The Balaban J connectivity index is 2.02. The molecular formula is C18H20N2O. The van der Waals surface area contributed by atoms with Crippen LogP contribution in [-0.4, -0.2) is 7.11 Å². The first-order valence-corrected chi connectivity index (χ1v) is 7.01. The van der Waals surface area contributed by atoms with E-state index >= 15 is 0 Å². The largest absolute Gasteiger partial charge is 0.495 e. The fraction of sp³-hybridized carbons (Fsp3) is 0.278. The molecule has 0 saturated carbocycles. The van der Waals surface area contributed by atoms with Crippen LogP contribution in [0.5, 0.6) is 5.75 Å². The van der Waals surface area contributed by atoms with Gasteiger partial charge in [0.2, 0.25) is 0 Å². The number of methoxy groups -OCH3 is 1. The lowest BCUT2D eigenvalue weighted by Crippen LogP contribution is -2.18. The quantitative estimate of drug-likeness (QED) is 0.907. The third kappa shape index (κ3) is 3.84. The lowest BCUT2D eigenvalue weighted by Gasteiger charge is -2.15. The minimum absolute atomic E-state index is 0.271. The molecule has 0 aliphatic carbocycles. The summed E-state index contributed by atoms with van der Waals surface area (Å²) < 4.78 is 5.23. The molecule has 0 bridgehead atoms. The summed E-state index contributed by atoms with van der Waals surface area (Å²) in [6, 6.07) is 16.6. The number of hydrogen-bond donors (Lipinski definition) is 1. The minimum atomic E-state index is 0.271. The van der Waals surface area contributed by atoms with E-state index in [1.807, 2.05) is 12.1 Å². The molecule has 108 valence electrons. The van der Waals surface area contributed by atoms with Gasteiger partial charge >= 0.3 is 0 Å². The summed E-state index contributed by atoms with van der Waals surface area (Å²) in [5.41, 5.74) is 4.20. The van der Waals surface area contributed by atoms with Crippen molar-refractivity contribution in [2.45, 2.75) is 26.4 Å². The van der Waals surface area contributed by atoms with E-state index in [1.165, 1.54) is 11.1 Å². The van der Waals surface area contributed by atoms with Crippen LogP contribution in [0, 0.1) is 18.3 Å². The van der Waals surface area contributed by atoms with Crippen molar-refractivity contribution in [1.29, 1.82) is 5.26 Å². The van der Waals surface area contributed by atoms with Gasteiger partial charge in [0.1, 0.15) is 11.8 Å². The predicted octanol–water partition coefficient (Wildman–Crippen LogP) is 3.73. The van der Waals surface area contributed by atoms with Gasteiger partial charge in [0, 0.05) is 12.6 Å². The van der Waals surface area contributed by atoms with Crippen molar-refractivity contribution in [3.63, 3.8) is 0 Å². The summed E-state index contributed by atoms with van der Waals surface area (Å²) in [7, 11) is 1.59. The lowest BCUT2D eigenvalue weighted by atomic mass is 10.1. The molecule has 2 aromatic carbocycles. The number of rotatable bonds is 5. The van der Waals surface area contributed by atoms with Gasteiger partial charge in [0.05, 0.1) is 12.7 Å². The standard InChI is InChI=1S/C18H20N2O/c1-13-4-7-16(8-5-13)14(2)20-12-15-6-9-17(11-19)18(10-15)21-3/h4-10,14,20H,12H2,1-3H3. The average molecular weight is 280 g/mol. The molecule has 21 heavy (non-hydrogen) atoms. The van der Waals surface area contributed by atoms with E-state index < -0.39 is 0 Å². The van der Waals surface area contributed by atoms with Crippen LogP contribution >= 0.6 is 0 Å². The molecule has 2 rings (SSSR count). The summed E-state index contributed by atoms with van der Waals surface area (Å²) in [6.45, 7) is 4.97. The maximum atomic E-state index is 8.98. The zero-order valence-electron chi connectivity index (χ0n) is 12.7. The van der Waals surface area contributed by atoms with Crippen molar-refractivity contribution < 1.29 is 4.74 Å². The lowest BCUT2D eigenvalue weighted by molar-refractivity contribution is 0.412. The second-order valence-electron chi connectivity index (χ2n) is 5.16. The average Bonchev–Trinajstić information content (AvgIpc) is 2.52. The summed E-state index contributed by atoms with van der Waals surface area (Å²) >= 11 is 0. The van der Waals surface area contributed by atoms with Crippen LogP contribution in [0.1, 0.15) is 35.2 Å². The maximum Gasteiger partial charge on any atom is 0.136 e. The van der Waals surface area contributed by atoms with E-state index in [0.717, 1.165) is 12.1 Å². The van der Waals surface area contributed by atoms with Gasteiger partial charge in [-0.2, -0.15) is 5.26 Å². The monoisotopic (exact) mass is 280 g/mol. The van der Waals surface area contributed by atoms with E-state index in [9.17, 15) is 0 Å². The first-order chi connectivity index (χ1) is 10.1. The number of benzene rings is 2. The Morgan fingerprint density at radius 3 is 2.52 bits per heavy atom. The summed E-state index contributed by atoms with van der Waals surface area (Å²) in [6.07, 6.45) is 0. The van der Waals surface area contributed by atoms with Gasteiger partial charge in [-0.15, -0.1) is 0 Å². The second-order valence-corrected chi connectivity index (χ2v) is 5.16. The molecule has 1 unspecified atom stereocenters. The number of hydrogen-bond acceptors (Lipinski definition) is 3. The molecule has 1 atom stereocenters. The van der Waals surface area contributed by atoms with Gasteiger partial charge in [-0.3, -0.25) is 0 Å². The van der Waals surface area contributed by atoms with E-state index in [0.29, 0.717) is 11.3 Å². The third-order valence-electron chi connectivity index (χ3n) is 3.58. The first kappa shape index (κ1) is 15.1. The fourth-order valence-corrected chi connectivity index (χ4v) is 2.18. The molecule has 0 radical (unpaired) electrons. The number of nitrogens with zero attached hydrogens (tertiary/aromatic N) is 1. The van der Waals surface area contributed by atoms with Crippen molar-refractivity contribution in [3.05, 3.63) is 64.7 Å². The normalized spacial score (nSPS) is 11.7. The number of aryl methyl sites for hydroxylation is 1. The van der Waals surface area contributed by atoms with Gasteiger partial charge in [-0.05, 0) is 37.1 Å². The Morgan fingerprint density at radius 1 is 1.19 bits per heavy atom. The second kappa shape index (κ2) is 6.92. The molecule has 0 amide bonds. The van der Waals surface area contributed by atoms with Crippen LogP contribution in [0.25, 0.3) is 0 Å². The van der Waals surface area contributed by atoms with Crippen LogP contribution in [-0.2, 0) is 6.54 Å². The van der Waals surface area contributed by atoms with Crippen LogP contribution < -0.4 is 10.1 Å². The van der Waals surface area contributed by atoms with Crippen molar-refractivity contribution in [3.8, 4) is 11.8 Å². The van der Waals surface area contributed by atoms with E-state index in [2.05, 4.69) is 49.5 Å². The number of nitrogens with one attached hydrogen (secondary N) is 1. The molecule has 0 aliphatic heterocycles. The van der Waals surface area contributed by atoms with Crippen molar-refractivity contribution >= 4 is 0 Å². The van der Waals surface area contributed by atoms with E-state index in [4.69, 9.17) is 10.00 Å². The summed E-state index contributed by atoms with van der Waals surface area (Å²) in [5.74, 6) is 0.625. The van der Waals surface area contributed by atoms with Gasteiger partial charge in [0.25, 0.3) is 0 Å². The summed E-state index contributed by atoms with van der Waals surface area (Å²) in [4.78, 5) is 0. The smallest absolute Gasteiger partial charge is 0.136 e. The Hall–Kier alpha value is -2.31. The van der Waals surface area contributed by atoms with Crippen molar-refractivity contribution in [1.82, 2.24) is 5.32 Å². The molecule has 1 N–H and O–H groups in total. The van der Waals surface area contributed by atoms with Gasteiger partial charge < -0.3 is 10.1 Å².